The topological polar surface area (TPSA) is 87.0 Å². The summed E-state index contributed by atoms with van der Waals surface area (Å²) in [4.78, 5) is 8.10. The van der Waals surface area contributed by atoms with Crippen molar-refractivity contribution in [1.82, 2.24) is 9.97 Å². The van der Waals surface area contributed by atoms with Crippen molar-refractivity contribution in [3.05, 3.63) is 42.6 Å². The molecule has 0 fully saturated rings. The van der Waals surface area contributed by atoms with E-state index in [0.717, 1.165) is 27.8 Å². The Bertz CT molecular complexity index is 786. The number of aromatic nitrogens is 2. The van der Waals surface area contributed by atoms with Crippen molar-refractivity contribution in [2.24, 2.45) is 0 Å². The molecule has 0 saturated heterocycles. The zero-order valence-corrected chi connectivity index (χ0v) is 11.0. The van der Waals surface area contributed by atoms with Crippen molar-refractivity contribution in [3.8, 4) is 17.0 Å². The summed E-state index contributed by atoms with van der Waals surface area (Å²) in [5.74, 6) is 1.03. The van der Waals surface area contributed by atoms with Crippen LogP contribution in [0.5, 0.6) is 5.75 Å². The summed E-state index contributed by atoms with van der Waals surface area (Å²) >= 11 is 0. The van der Waals surface area contributed by atoms with Crippen LogP contribution in [0.15, 0.2) is 42.6 Å². The summed E-state index contributed by atoms with van der Waals surface area (Å²) in [5, 5.41) is 1.98. The van der Waals surface area contributed by atoms with E-state index in [1.54, 1.807) is 19.4 Å². The lowest BCUT2D eigenvalue weighted by atomic mass is 10.0. The average molecular weight is 266 g/mol. The van der Waals surface area contributed by atoms with Gasteiger partial charge >= 0.3 is 0 Å². The van der Waals surface area contributed by atoms with Crippen LogP contribution in [-0.4, -0.2) is 17.1 Å². The van der Waals surface area contributed by atoms with E-state index < -0.39 is 0 Å². The highest BCUT2D eigenvalue weighted by atomic mass is 16.5. The lowest BCUT2D eigenvalue weighted by Gasteiger charge is -2.08. The highest BCUT2D eigenvalue weighted by Crippen LogP contribution is 2.31. The van der Waals surface area contributed by atoms with Gasteiger partial charge in [-0.3, -0.25) is 0 Å². The second kappa shape index (κ2) is 4.70. The third-order valence-corrected chi connectivity index (χ3v) is 3.16. The summed E-state index contributed by atoms with van der Waals surface area (Å²) in [5.41, 5.74) is 14.1. The fourth-order valence-corrected chi connectivity index (χ4v) is 2.18. The third kappa shape index (κ3) is 2.09. The molecule has 0 aliphatic rings. The van der Waals surface area contributed by atoms with Gasteiger partial charge in [0.05, 0.1) is 12.8 Å². The van der Waals surface area contributed by atoms with E-state index in [4.69, 9.17) is 16.2 Å². The molecule has 1 aromatic heterocycles. The number of rotatable bonds is 2. The molecule has 20 heavy (non-hydrogen) atoms. The normalized spacial score (nSPS) is 10.7. The Morgan fingerprint density at radius 3 is 2.65 bits per heavy atom. The first-order valence-electron chi connectivity index (χ1n) is 6.13. The fraction of sp³-hybridized carbons (Fsp3) is 0.0667. The van der Waals surface area contributed by atoms with Crippen LogP contribution in [0.25, 0.3) is 22.0 Å². The van der Waals surface area contributed by atoms with E-state index in [9.17, 15) is 0 Å². The number of ether oxygens (including phenoxy) is 1. The molecule has 1 heterocycles. The second-order valence-electron chi connectivity index (χ2n) is 4.45. The molecule has 0 aliphatic carbocycles. The van der Waals surface area contributed by atoms with E-state index in [2.05, 4.69) is 9.97 Å². The minimum Gasteiger partial charge on any atom is -0.497 e. The number of hydrogen-bond donors (Lipinski definition) is 2. The summed E-state index contributed by atoms with van der Waals surface area (Å²) < 4.78 is 5.22. The molecule has 0 spiro atoms. The smallest absolute Gasteiger partial charge is 0.220 e. The Balaban J connectivity index is 2.19. The molecule has 4 N–H and O–H groups in total. The lowest BCUT2D eigenvalue weighted by molar-refractivity contribution is 0.415. The highest BCUT2D eigenvalue weighted by molar-refractivity contribution is 5.97. The lowest BCUT2D eigenvalue weighted by Crippen LogP contribution is -1.96. The predicted octanol–water partition coefficient (Wildman–Crippen LogP) is 2.47. The number of fused-ring (bicyclic) bond motifs is 1. The standard InChI is InChI=1S/C15H14N4O/c1-20-11-3-2-9-6-10(7-13(16)12(9)8-11)14-4-5-18-15(17)19-14/h2-8H,16H2,1H3,(H2,17,18,19). The Morgan fingerprint density at radius 2 is 1.90 bits per heavy atom. The number of methoxy groups -OCH3 is 1. The summed E-state index contributed by atoms with van der Waals surface area (Å²) in [6.45, 7) is 0. The van der Waals surface area contributed by atoms with Crippen LogP contribution in [0.2, 0.25) is 0 Å². The predicted molar refractivity (Wildman–Crippen MR) is 80.4 cm³/mol. The van der Waals surface area contributed by atoms with Gasteiger partial charge in [-0.1, -0.05) is 6.07 Å². The summed E-state index contributed by atoms with van der Waals surface area (Å²) in [7, 11) is 1.63. The van der Waals surface area contributed by atoms with Crippen LogP contribution in [0.1, 0.15) is 0 Å². The van der Waals surface area contributed by atoms with Gasteiger partial charge in [0, 0.05) is 22.8 Å². The molecule has 0 amide bonds. The molecule has 3 rings (SSSR count). The molecule has 100 valence electrons. The van der Waals surface area contributed by atoms with Gasteiger partial charge in [0.15, 0.2) is 0 Å². The van der Waals surface area contributed by atoms with Gasteiger partial charge in [0.1, 0.15) is 5.75 Å². The molecule has 0 unspecified atom stereocenters. The minimum absolute atomic E-state index is 0.246. The highest BCUT2D eigenvalue weighted by Gasteiger charge is 2.06. The number of anilines is 2. The van der Waals surface area contributed by atoms with E-state index in [-0.39, 0.29) is 5.95 Å². The monoisotopic (exact) mass is 266 g/mol. The van der Waals surface area contributed by atoms with Crippen molar-refractivity contribution in [2.45, 2.75) is 0 Å². The second-order valence-corrected chi connectivity index (χ2v) is 4.45. The molecule has 0 saturated carbocycles. The first-order valence-corrected chi connectivity index (χ1v) is 6.13. The molecule has 0 radical (unpaired) electrons. The number of benzene rings is 2. The number of nitrogen functional groups attached to an aromatic ring is 2. The van der Waals surface area contributed by atoms with Crippen molar-refractivity contribution < 1.29 is 4.74 Å². The van der Waals surface area contributed by atoms with Crippen molar-refractivity contribution in [2.75, 3.05) is 18.6 Å². The van der Waals surface area contributed by atoms with Crippen LogP contribution < -0.4 is 16.2 Å². The molecular formula is C15H14N4O. The molecule has 0 bridgehead atoms. The van der Waals surface area contributed by atoms with Crippen molar-refractivity contribution >= 4 is 22.4 Å². The van der Waals surface area contributed by atoms with Gasteiger partial charge in [-0.05, 0) is 35.7 Å². The van der Waals surface area contributed by atoms with E-state index in [1.165, 1.54) is 0 Å². The Morgan fingerprint density at radius 1 is 1.05 bits per heavy atom. The number of hydrogen-bond acceptors (Lipinski definition) is 5. The maximum absolute atomic E-state index is 6.13. The van der Waals surface area contributed by atoms with Crippen molar-refractivity contribution in [1.29, 1.82) is 0 Å². The maximum Gasteiger partial charge on any atom is 0.220 e. The van der Waals surface area contributed by atoms with Gasteiger partial charge in [0.25, 0.3) is 0 Å². The third-order valence-electron chi connectivity index (χ3n) is 3.16. The minimum atomic E-state index is 0.246. The molecular weight excluding hydrogens is 252 g/mol. The Kier molecular flexibility index (Phi) is 2.87. The van der Waals surface area contributed by atoms with Crippen molar-refractivity contribution in [3.63, 3.8) is 0 Å². The van der Waals surface area contributed by atoms with Gasteiger partial charge < -0.3 is 16.2 Å². The largest absolute Gasteiger partial charge is 0.497 e. The SMILES string of the molecule is COc1ccc2cc(-c3ccnc(N)n3)cc(N)c2c1. The van der Waals surface area contributed by atoms with Crippen LogP contribution in [0.3, 0.4) is 0 Å². The Hall–Kier alpha value is -2.82. The van der Waals surface area contributed by atoms with E-state index in [1.807, 2.05) is 30.3 Å². The van der Waals surface area contributed by atoms with Crippen LogP contribution in [-0.2, 0) is 0 Å². The molecule has 5 nitrogen and oxygen atoms in total. The first-order chi connectivity index (χ1) is 9.67. The average Bonchev–Trinajstić information content (AvgIpc) is 2.47. The van der Waals surface area contributed by atoms with Crippen LogP contribution in [0.4, 0.5) is 11.6 Å². The molecule has 3 aromatic rings. The summed E-state index contributed by atoms with van der Waals surface area (Å²) in [6.07, 6.45) is 1.63. The molecule has 0 aliphatic heterocycles. The van der Waals surface area contributed by atoms with Gasteiger partial charge in [0.2, 0.25) is 5.95 Å². The van der Waals surface area contributed by atoms with Crippen LogP contribution >= 0.6 is 0 Å². The molecule has 2 aromatic carbocycles. The van der Waals surface area contributed by atoms with Gasteiger partial charge in [-0.25, -0.2) is 9.97 Å². The number of nitrogens with zero attached hydrogens (tertiary/aromatic N) is 2. The fourth-order valence-electron chi connectivity index (χ4n) is 2.18. The van der Waals surface area contributed by atoms with Gasteiger partial charge in [-0.2, -0.15) is 0 Å². The zero-order valence-electron chi connectivity index (χ0n) is 11.0. The number of nitrogens with two attached hydrogens (primary N) is 2. The molecule has 0 atom stereocenters. The van der Waals surface area contributed by atoms with E-state index in [0.29, 0.717) is 5.69 Å². The summed E-state index contributed by atoms with van der Waals surface area (Å²) in [6, 6.07) is 11.5. The molecule has 5 heteroatoms. The Labute approximate surface area is 116 Å². The first kappa shape index (κ1) is 12.2. The quantitative estimate of drug-likeness (QED) is 0.696. The van der Waals surface area contributed by atoms with Crippen LogP contribution in [0, 0.1) is 0 Å². The van der Waals surface area contributed by atoms with E-state index >= 15 is 0 Å². The zero-order chi connectivity index (χ0) is 14.1. The van der Waals surface area contributed by atoms with Gasteiger partial charge in [-0.15, -0.1) is 0 Å². The maximum atomic E-state index is 6.13.